The molecule has 0 fully saturated rings. The fourth-order valence-electron chi connectivity index (χ4n) is 1.34. The maximum atomic E-state index is 11.9. The second-order valence-electron chi connectivity index (χ2n) is 3.35. The lowest BCUT2D eigenvalue weighted by molar-refractivity contribution is -0.385. The molecule has 0 unspecified atom stereocenters. The van der Waals surface area contributed by atoms with Gasteiger partial charge in [0.15, 0.2) is 0 Å². The first-order chi connectivity index (χ1) is 8.58. The molecule has 0 aliphatic heterocycles. The maximum Gasteiger partial charge on any atom is 0.282 e. The van der Waals surface area contributed by atoms with E-state index in [0.717, 1.165) is 0 Å². The number of anilines is 1. The van der Waals surface area contributed by atoms with Crippen LogP contribution in [0.15, 0.2) is 24.3 Å². The van der Waals surface area contributed by atoms with Crippen LogP contribution < -0.4 is 5.32 Å². The zero-order valence-electron chi connectivity index (χ0n) is 9.28. The van der Waals surface area contributed by atoms with E-state index in [4.69, 9.17) is 0 Å². The Morgan fingerprint density at radius 1 is 1.39 bits per heavy atom. The Hall–Kier alpha value is -2.35. The maximum absolute atomic E-state index is 11.9. The number of carbonyl (C=O) groups excluding carboxylic acids is 1. The van der Waals surface area contributed by atoms with Crippen molar-refractivity contribution in [1.82, 2.24) is 10.2 Å². The lowest BCUT2D eigenvalue weighted by Gasteiger charge is -2.01. The molecule has 0 bridgehead atoms. The number of hydrogen-bond acceptors (Lipinski definition) is 6. The van der Waals surface area contributed by atoms with Gasteiger partial charge in [-0.2, -0.15) is 0 Å². The fraction of sp³-hybridized carbons (Fsp3) is 0.100. The monoisotopic (exact) mass is 264 g/mol. The standard InChI is InChI=1S/C10H8N4O3S/c1-6-12-13-10(18-6)11-9(15)7-4-2-3-5-8(7)14(16)17/h2-5H,1H3,(H,11,13,15). The van der Waals surface area contributed by atoms with E-state index in [-0.39, 0.29) is 11.3 Å². The number of nitro groups is 1. The van der Waals surface area contributed by atoms with Gasteiger partial charge in [-0.05, 0) is 13.0 Å². The Morgan fingerprint density at radius 2 is 2.11 bits per heavy atom. The van der Waals surface area contributed by atoms with Gasteiger partial charge in [0.25, 0.3) is 11.6 Å². The molecule has 2 aromatic rings. The van der Waals surface area contributed by atoms with Crippen LogP contribution in [-0.2, 0) is 0 Å². The van der Waals surface area contributed by atoms with Crippen LogP contribution in [0.25, 0.3) is 0 Å². The molecule has 0 saturated carbocycles. The number of nitro benzene ring substituents is 1. The summed E-state index contributed by atoms with van der Waals surface area (Å²) in [6, 6.07) is 5.74. The zero-order chi connectivity index (χ0) is 13.1. The first-order valence-electron chi connectivity index (χ1n) is 4.93. The summed E-state index contributed by atoms with van der Waals surface area (Å²) in [6.45, 7) is 1.75. The quantitative estimate of drug-likeness (QED) is 0.675. The zero-order valence-corrected chi connectivity index (χ0v) is 10.1. The number of benzene rings is 1. The van der Waals surface area contributed by atoms with Crippen molar-refractivity contribution < 1.29 is 9.72 Å². The Morgan fingerprint density at radius 3 is 2.72 bits per heavy atom. The van der Waals surface area contributed by atoms with Gasteiger partial charge < -0.3 is 0 Å². The minimum absolute atomic E-state index is 0.00430. The minimum atomic E-state index is -0.597. The van der Waals surface area contributed by atoms with Crippen molar-refractivity contribution in [3.8, 4) is 0 Å². The third-order valence-electron chi connectivity index (χ3n) is 2.09. The van der Waals surface area contributed by atoms with E-state index < -0.39 is 10.8 Å². The summed E-state index contributed by atoms with van der Waals surface area (Å²) in [4.78, 5) is 22.1. The lowest BCUT2D eigenvalue weighted by Crippen LogP contribution is -2.13. The SMILES string of the molecule is Cc1nnc(NC(=O)c2ccccc2[N+](=O)[O-])s1. The van der Waals surface area contributed by atoms with Crippen molar-refractivity contribution in [3.05, 3.63) is 45.0 Å². The Balaban J connectivity index is 2.26. The second-order valence-corrected chi connectivity index (χ2v) is 4.54. The largest absolute Gasteiger partial charge is 0.296 e. The Labute approximate surface area is 106 Å². The molecule has 0 radical (unpaired) electrons. The molecule has 18 heavy (non-hydrogen) atoms. The smallest absolute Gasteiger partial charge is 0.282 e. The van der Waals surface area contributed by atoms with E-state index in [2.05, 4.69) is 15.5 Å². The van der Waals surface area contributed by atoms with Crippen LogP contribution in [0, 0.1) is 17.0 Å². The van der Waals surface area contributed by atoms with Crippen LogP contribution in [0.5, 0.6) is 0 Å². The molecule has 0 spiro atoms. The number of amides is 1. The molecule has 0 aliphatic rings. The summed E-state index contributed by atoms with van der Waals surface area (Å²) in [6.07, 6.45) is 0. The number of aromatic nitrogens is 2. The summed E-state index contributed by atoms with van der Waals surface area (Å²) < 4.78 is 0. The third-order valence-corrected chi connectivity index (χ3v) is 2.85. The van der Waals surface area contributed by atoms with Gasteiger partial charge in [0.2, 0.25) is 5.13 Å². The van der Waals surface area contributed by atoms with E-state index in [9.17, 15) is 14.9 Å². The molecule has 2 rings (SSSR count). The van der Waals surface area contributed by atoms with Crippen LogP contribution in [0.4, 0.5) is 10.8 Å². The highest BCUT2D eigenvalue weighted by Gasteiger charge is 2.19. The molecule has 1 N–H and O–H groups in total. The van der Waals surface area contributed by atoms with Crippen LogP contribution in [0.1, 0.15) is 15.4 Å². The molecule has 0 saturated heterocycles. The third kappa shape index (κ3) is 2.48. The molecule has 1 heterocycles. The van der Waals surface area contributed by atoms with Gasteiger partial charge in [-0.15, -0.1) is 10.2 Å². The number of aryl methyl sites for hydroxylation is 1. The van der Waals surface area contributed by atoms with Crippen LogP contribution in [-0.4, -0.2) is 21.0 Å². The molecule has 0 aliphatic carbocycles. The van der Waals surface area contributed by atoms with E-state index in [1.54, 1.807) is 13.0 Å². The molecular formula is C10H8N4O3S. The topological polar surface area (TPSA) is 98.0 Å². The molecule has 8 heteroatoms. The highest BCUT2D eigenvalue weighted by atomic mass is 32.1. The van der Waals surface area contributed by atoms with Crippen molar-refractivity contribution in [2.45, 2.75) is 6.92 Å². The number of nitrogens with one attached hydrogen (secondary N) is 1. The lowest BCUT2D eigenvalue weighted by atomic mass is 10.1. The van der Waals surface area contributed by atoms with Gasteiger partial charge in [-0.25, -0.2) is 0 Å². The van der Waals surface area contributed by atoms with Gasteiger partial charge in [0.05, 0.1) is 4.92 Å². The molecule has 1 aromatic heterocycles. The van der Waals surface area contributed by atoms with Crippen LogP contribution >= 0.6 is 11.3 Å². The van der Waals surface area contributed by atoms with Crippen molar-refractivity contribution >= 4 is 28.1 Å². The van der Waals surface area contributed by atoms with Crippen LogP contribution in [0.2, 0.25) is 0 Å². The molecule has 7 nitrogen and oxygen atoms in total. The van der Waals surface area contributed by atoms with Crippen molar-refractivity contribution in [1.29, 1.82) is 0 Å². The van der Waals surface area contributed by atoms with E-state index in [1.807, 2.05) is 0 Å². The summed E-state index contributed by atoms with van der Waals surface area (Å²) in [5.41, 5.74) is -0.244. The van der Waals surface area contributed by atoms with Crippen molar-refractivity contribution in [3.63, 3.8) is 0 Å². The molecule has 92 valence electrons. The highest BCUT2D eigenvalue weighted by Crippen LogP contribution is 2.20. The first kappa shape index (κ1) is 12.1. The normalized spacial score (nSPS) is 10.1. The predicted molar refractivity (Wildman–Crippen MR) is 65.7 cm³/mol. The summed E-state index contributed by atoms with van der Waals surface area (Å²) in [5.74, 6) is -0.571. The molecule has 0 atom stereocenters. The van der Waals surface area contributed by atoms with Crippen LogP contribution in [0.3, 0.4) is 0 Å². The number of hydrogen-bond donors (Lipinski definition) is 1. The first-order valence-corrected chi connectivity index (χ1v) is 5.74. The average molecular weight is 264 g/mol. The van der Waals surface area contributed by atoms with Gasteiger partial charge >= 0.3 is 0 Å². The number of para-hydroxylation sites is 1. The van der Waals surface area contributed by atoms with Gasteiger partial charge in [-0.1, -0.05) is 23.5 Å². The molecular weight excluding hydrogens is 256 g/mol. The van der Waals surface area contributed by atoms with Crippen molar-refractivity contribution in [2.24, 2.45) is 0 Å². The average Bonchev–Trinajstić information content (AvgIpc) is 2.74. The van der Waals surface area contributed by atoms with E-state index in [0.29, 0.717) is 10.1 Å². The van der Waals surface area contributed by atoms with Crippen molar-refractivity contribution in [2.75, 3.05) is 5.32 Å². The van der Waals surface area contributed by atoms with E-state index in [1.165, 1.54) is 29.5 Å². The number of nitrogens with zero attached hydrogens (tertiary/aromatic N) is 3. The minimum Gasteiger partial charge on any atom is -0.296 e. The summed E-state index contributed by atoms with van der Waals surface area (Å²) >= 11 is 1.20. The molecule has 1 amide bonds. The Bertz CT molecular complexity index is 611. The van der Waals surface area contributed by atoms with Gasteiger partial charge in [0.1, 0.15) is 10.6 Å². The van der Waals surface area contributed by atoms with Gasteiger partial charge in [-0.3, -0.25) is 20.2 Å². The predicted octanol–water partition coefficient (Wildman–Crippen LogP) is 2.01. The highest BCUT2D eigenvalue weighted by molar-refractivity contribution is 7.15. The van der Waals surface area contributed by atoms with Gasteiger partial charge in [0, 0.05) is 6.07 Å². The number of carbonyl (C=O) groups is 1. The molecule has 1 aromatic carbocycles. The summed E-state index contributed by atoms with van der Waals surface area (Å²) in [5, 5.41) is 21.7. The summed E-state index contributed by atoms with van der Waals surface area (Å²) in [7, 11) is 0. The number of rotatable bonds is 3. The fourth-order valence-corrected chi connectivity index (χ4v) is 1.92. The van der Waals surface area contributed by atoms with E-state index >= 15 is 0 Å². The second kappa shape index (κ2) is 4.88. The Kier molecular flexibility index (Phi) is 3.28.